The SMILES string of the molecule is Cc1ccc(S(=O)(=O)N2CCCCC2C)cc1C(=O)NCc1nnc2n1CCCCC2. The molecule has 2 aliphatic rings. The highest BCUT2D eigenvalue weighted by Crippen LogP contribution is 2.26. The molecule has 1 saturated heterocycles. The number of aromatic nitrogens is 3. The van der Waals surface area contributed by atoms with Gasteiger partial charge in [-0.3, -0.25) is 4.79 Å². The van der Waals surface area contributed by atoms with Crippen molar-refractivity contribution in [2.24, 2.45) is 0 Å². The molecule has 2 aliphatic heterocycles. The fourth-order valence-electron chi connectivity index (χ4n) is 4.50. The van der Waals surface area contributed by atoms with Crippen LogP contribution in [0.2, 0.25) is 0 Å². The van der Waals surface area contributed by atoms with E-state index in [0.717, 1.165) is 62.3 Å². The fraction of sp³-hybridized carbons (Fsp3) is 0.591. The summed E-state index contributed by atoms with van der Waals surface area (Å²) in [7, 11) is -3.63. The zero-order valence-corrected chi connectivity index (χ0v) is 19.1. The van der Waals surface area contributed by atoms with Crippen LogP contribution >= 0.6 is 0 Å². The van der Waals surface area contributed by atoms with Crippen LogP contribution in [0.5, 0.6) is 0 Å². The Morgan fingerprint density at radius 3 is 2.74 bits per heavy atom. The largest absolute Gasteiger partial charge is 0.345 e. The summed E-state index contributed by atoms with van der Waals surface area (Å²) < 4.78 is 30.0. The average Bonchev–Trinajstić information content (AvgIpc) is 2.98. The van der Waals surface area contributed by atoms with Gasteiger partial charge in [-0.25, -0.2) is 8.42 Å². The number of nitrogens with zero attached hydrogens (tertiary/aromatic N) is 4. The minimum Gasteiger partial charge on any atom is -0.345 e. The summed E-state index contributed by atoms with van der Waals surface area (Å²) in [4.78, 5) is 13.1. The number of hydrogen-bond donors (Lipinski definition) is 1. The standard InChI is InChI=1S/C22H31N5O3S/c1-16-10-11-18(31(29,30)27-13-7-5-8-17(27)2)14-19(16)22(28)23-15-21-25-24-20-9-4-3-6-12-26(20)21/h10-11,14,17H,3-9,12-13,15H2,1-2H3,(H,23,28). The molecule has 1 amide bonds. The van der Waals surface area contributed by atoms with E-state index in [1.807, 2.05) is 13.8 Å². The summed E-state index contributed by atoms with van der Waals surface area (Å²) in [6, 6.07) is 4.78. The van der Waals surface area contributed by atoms with Crippen molar-refractivity contribution in [2.75, 3.05) is 6.54 Å². The maximum absolute atomic E-state index is 13.2. The Hall–Kier alpha value is -2.26. The van der Waals surface area contributed by atoms with E-state index < -0.39 is 10.0 Å². The van der Waals surface area contributed by atoms with Crippen molar-refractivity contribution in [3.8, 4) is 0 Å². The molecule has 0 saturated carbocycles. The zero-order valence-electron chi connectivity index (χ0n) is 18.3. The van der Waals surface area contributed by atoms with Crippen LogP contribution in [0.1, 0.15) is 73.0 Å². The van der Waals surface area contributed by atoms with Gasteiger partial charge in [0.15, 0.2) is 5.82 Å². The van der Waals surface area contributed by atoms with Crippen molar-refractivity contribution in [1.82, 2.24) is 24.4 Å². The van der Waals surface area contributed by atoms with Crippen LogP contribution < -0.4 is 5.32 Å². The number of amides is 1. The van der Waals surface area contributed by atoms with Crippen molar-refractivity contribution in [3.05, 3.63) is 41.0 Å². The molecule has 1 N–H and O–H groups in total. The number of sulfonamides is 1. The van der Waals surface area contributed by atoms with Crippen LogP contribution in [-0.4, -0.2) is 46.0 Å². The number of rotatable bonds is 5. The molecule has 1 unspecified atom stereocenters. The van der Waals surface area contributed by atoms with E-state index in [2.05, 4.69) is 20.1 Å². The molecule has 0 bridgehead atoms. The Kier molecular flexibility index (Phi) is 6.43. The molecule has 3 heterocycles. The molecule has 1 fully saturated rings. The lowest BCUT2D eigenvalue weighted by Gasteiger charge is -2.32. The van der Waals surface area contributed by atoms with Crippen LogP contribution in [-0.2, 0) is 29.5 Å². The first-order chi connectivity index (χ1) is 14.9. The van der Waals surface area contributed by atoms with Gasteiger partial charge in [0.1, 0.15) is 5.82 Å². The monoisotopic (exact) mass is 445 g/mol. The normalized spacial score (nSPS) is 20.1. The van der Waals surface area contributed by atoms with Gasteiger partial charge in [0, 0.05) is 31.1 Å². The number of piperidine rings is 1. The van der Waals surface area contributed by atoms with Crippen LogP contribution in [0.4, 0.5) is 0 Å². The maximum Gasteiger partial charge on any atom is 0.251 e. The summed E-state index contributed by atoms with van der Waals surface area (Å²) in [5.41, 5.74) is 1.12. The van der Waals surface area contributed by atoms with Gasteiger partial charge in [-0.05, 0) is 57.2 Å². The number of hydrogen-bond acceptors (Lipinski definition) is 5. The first-order valence-corrected chi connectivity index (χ1v) is 12.6. The van der Waals surface area contributed by atoms with E-state index in [9.17, 15) is 13.2 Å². The molecule has 1 aromatic carbocycles. The van der Waals surface area contributed by atoms with Gasteiger partial charge in [0.2, 0.25) is 10.0 Å². The average molecular weight is 446 g/mol. The Morgan fingerprint density at radius 1 is 1.13 bits per heavy atom. The molecule has 0 aliphatic carbocycles. The van der Waals surface area contributed by atoms with Gasteiger partial charge in [-0.15, -0.1) is 10.2 Å². The molecule has 1 aromatic heterocycles. The lowest BCUT2D eigenvalue weighted by molar-refractivity contribution is 0.0948. The Bertz CT molecular complexity index is 1060. The van der Waals surface area contributed by atoms with Crippen LogP contribution in [0.15, 0.2) is 23.1 Å². The number of fused-ring (bicyclic) bond motifs is 1. The highest BCUT2D eigenvalue weighted by Gasteiger charge is 2.31. The van der Waals surface area contributed by atoms with Gasteiger partial charge in [-0.1, -0.05) is 18.9 Å². The smallest absolute Gasteiger partial charge is 0.251 e. The third-order valence-electron chi connectivity index (χ3n) is 6.40. The Morgan fingerprint density at radius 2 is 1.94 bits per heavy atom. The number of carbonyl (C=O) groups excluding carboxylic acids is 1. The van der Waals surface area contributed by atoms with Crippen molar-refractivity contribution in [3.63, 3.8) is 0 Å². The summed E-state index contributed by atoms with van der Waals surface area (Å²) in [6.07, 6.45) is 7.05. The minimum absolute atomic E-state index is 0.0273. The van der Waals surface area contributed by atoms with Gasteiger partial charge in [0.25, 0.3) is 5.91 Å². The molecule has 8 nitrogen and oxygen atoms in total. The molecule has 31 heavy (non-hydrogen) atoms. The quantitative estimate of drug-likeness (QED) is 0.763. The molecular weight excluding hydrogens is 414 g/mol. The predicted molar refractivity (Wildman–Crippen MR) is 117 cm³/mol. The lowest BCUT2D eigenvalue weighted by atomic mass is 10.1. The first kappa shape index (κ1) is 22.0. The van der Waals surface area contributed by atoms with E-state index in [0.29, 0.717) is 12.1 Å². The van der Waals surface area contributed by atoms with E-state index in [1.54, 1.807) is 16.4 Å². The molecule has 9 heteroatoms. The molecule has 4 rings (SSSR count). The van der Waals surface area contributed by atoms with E-state index in [-0.39, 0.29) is 23.4 Å². The van der Waals surface area contributed by atoms with Crippen LogP contribution in [0.3, 0.4) is 0 Å². The Balaban J connectivity index is 1.52. The predicted octanol–water partition coefficient (Wildman–Crippen LogP) is 2.81. The maximum atomic E-state index is 13.2. The van der Waals surface area contributed by atoms with E-state index in [1.165, 1.54) is 12.5 Å². The molecule has 2 aromatic rings. The summed E-state index contributed by atoms with van der Waals surface area (Å²) >= 11 is 0. The van der Waals surface area contributed by atoms with Crippen molar-refractivity contribution < 1.29 is 13.2 Å². The number of nitrogens with one attached hydrogen (secondary N) is 1. The highest BCUT2D eigenvalue weighted by atomic mass is 32.2. The highest BCUT2D eigenvalue weighted by molar-refractivity contribution is 7.89. The third-order valence-corrected chi connectivity index (χ3v) is 8.41. The zero-order chi connectivity index (χ0) is 22.0. The molecule has 0 radical (unpaired) electrons. The van der Waals surface area contributed by atoms with Gasteiger partial charge in [-0.2, -0.15) is 4.31 Å². The van der Waals surface area contributed by atoms with E-state index in [4.69, 9.17) is 0 Å². The third kappa shape index (κ3) is 4.52. The Labute approximate surface area is 184 Å². The second-order valence-electron chi connectivity index (χ2n) is 8.61. The summed E-state index contributed by atoms with van der Waals surface area (Å²) in [5, 5.41) is 11.4. The number of aryl methyl sites for hydroxylation is 2. The number of carbonyl (C=O) groups is 1. The fourth-order valence-corrected chi connectivity index (χ4v) is 6.23. The molecule has 1 atom stereocenters. The summed E-state index contributed by atoms with van der Waals surface area (Å²) in [5.74, 6) is 1.42. The molecule has 0 spiro atoms. The van der Waals surface area contributed by atoms with Crippen LogP contribution in [0.25, 0.3) is 0 Å². The second-order valence-corrected chi connectivity index (χ2v) is 10.5. The second kappa shape index (κ2) is 9.08. The van der Waals surface area contributed by atoms with Gasteiger partial charge >= 0.3 is 0 Å². The van der Waals surface area contributed by atoms with Gasteiger partial charge in [0.05, 0.1) is 11.4 Å². The van der Waals surface area contributed by atoms with Crippen molar-refractivity contribution in [2.45, 2.75) is 82.8 Å². The number of benzene rings is 1. The van der Waals surface area contributed by atoms with E-state index >= 15 is 0 Å². The summed E-state index contributed by atoms with van der Waals surface area (Å²) in [6.45, 7) is 5.43. The molecule has 168 valence electrons. The topological polar surface area (TPSA) is 97.2 Å². The lowest BCUT2D eigenvalue weighted by Crippen LogP contribution is -2.42. The van der Waals surface area contributed by atoms with Crippen molar-refractivity contribution in [1.29, 1.82) is 0 Å². The molecular formula is C22H31N5O3S. The minimum atomic E-state index is -3.63. The van der Waals surface area contributed by atoms with Gasteiger partial charge < -0.3 is 9.88 Å². The first-order valence-electron chi connectivity index (χ1n) is 11.2. The van der Waals surface area contributed by atoms with Crippen molar-refractivity contribution >= 4 is 15.9 Å². The van der Waals surface area contributed by atoms with Crippen LogP contribution in [0, 0.1) is 6.92 Å².